The standard InChI is InChI=1S/C20H20N2O4/c1-24-18-8-9-19(25-2)17(12-18)14-26-20(23)16-6-4-15(5-7-16)13-22-11-3-10-21-22/h3-12H,13-14H2,1-2H3. The summed E-state index contributed by atoms with van der Waals surface area (Å²) in [6.07, 6.45) is 3.63. The van der Waals surface area contributed by atoms with Gasteiger partial charge in [-0.1, -0.05) is 12.1 Å². The van der Waals surface area contributed by atoms with Crippen LogP contribution >= 0.6 is 0 Å². The van der Waals surface area contributed by atoms with E-state index in [0.29, 0.717) is 23.6 Å². The Bertz CT molecular complexity index is 858. The summed E-state index contributed by atoms with van der Waals surface area (Å²) >= 11 is 0. The normalized spacial score (nSPS) is 10.4. The average Bonchev–Trinajstić information content (AvgIpc) is 3.19. The van der Waals surface area contributed by atoms with Gasteiger partial charge in [-0.3, -0.25) is 4.68 Å². The Balaban J connectivity index is 1.63. The number of nitrogens with zero attached hydrogens (tertiary/aromatic N) is 2. The van der Waals surface area contributed by atoms with E-state index in [0.717, 1.165) is 11.1 Å². The van der Waals surface area contributed by atoms with Gasteiger partial charge in [-0.15, -0.1) is 0 Å². The topological polar surface area (TPSA) is 62.6 Å². The fourth-order valence-corrected chi connectivity index (χ4v) is 2.55. The van der Waals surface area contributed by atoms with Crippen molar-refractivity contribution in [1.29, 1.82) is 0 Å². The molecule has 2 aromatic carbocycles. The van der Waals surface area contributed by atoms with Crippen molar-refractivity contribution < 1.29 is 19.0 Å². The zero-order valence-electron chi connectivity index (χ0n) is 14.7. The summed E-state index contributed by atoms with van der Waals surface area (Å²) in [6, 6.07) is 14.5. The first-order valence-electron chi connectivity index (χ1n) is 8.14. The monoisotopic (exact) mass is 352 g/mol. The average molecular weight is 352 g/mol. The molecule has 6 heteroatoms. The highest BCUT2D eigenvalue weighted by atomic mass is 16.5. The van der Waals surface area contributed by atoms with Gasteiger partial charge in [-0.2, -0.15) is 5.10 Å². The van der Waals surface area contributed by atoms with Crippen molar-refractivity contribution >= 4 is 5.97 Å². The van der Waals surface area contributed by atoms with Crippen LogP contribution in [0.1, 0.15) is 21.5 Å². The first-order chi connectivity index (χ1) is 12.7. The molecule has 1 heterocycles. The van der Waals surface area contributed by atoms with E-state index in [1.54, 1.807) is 50.7 Å². The van der Waals surface area contributed by atoms with Crippen molar-refractivity contribution in [1.82, 2.24) is 9.78 Å². The zero-order valence-corrected chi connectivity index (χ0v) is 14.7. The molecular formula is C20H20N2O4. The number of carbonyl (C=O) groups excluding carboxylic acids is 1. The van der Waals surface area contributed by atoms with Crippen LogP contribution in [0, 0.1) is 0 Å². The van der Waals surface area contributed by atoms with E-state index >= 15 is 0 Å². The number of esters is 1. The Morgan fingerprint density at radius 1 is 1.08 bits per heavy atom. The van der Waals surface area contributed by atoms with Crippen LogP contribution in [0.5, 0.6) is 11.5 Å². The summed E-state index contributed by atoms with van der Waals surface area (Å²) in [5.41, 5.74) is 2.30. The molecule has 0 bridgehead atoms. The van der Waals surface area contributed by atoms with Gasteiger partial charge in [-0.05, 0) is 42.0 Å². The van der Waals surface area contributed by atoms with Crippen LogP contribution in [0.3, 0.4) is 0 Å². The minimum atomic E-state index is -0.388. The molecule has 0 N–H and O–H groups in total. The Labute approximate surface area is 151 Å². The number of benzene rings is 2. The molecule has 0 spiro atoms. The van der Waals surface area contributed by atoms with E-state index in [1.165, 1.54) is 0 Å². The molecule has 0 amide bonds. The molecular weight excluding hydrogens is 332 g/mol. The lowest BCUT2D eigenvalue weighted by Crippen LogP contribution is -2.07. The van der Waals surface area contributed by atoms with Gasteiger partial charge in [0.2, 0.25) is 0 Å². The van der Waals surface area contributed by atoms with Gasteiger partial charge < -0.3 is 14.2 Å². The number of aromatic nitrogens is 2. The first kappa shape index (κ1) is 17.5. The van der Waals surface area contributed by atoms with E-state index in [9.17, 15) is 4.79 Å². The smallest absolute Gasteiger partial charge is 0.338 e. The van der Waals surface area contributed by atoms with E-state index < -0.39 is 0 Å². The lowest BCUT2D eigenvalue weighted by atomic mass is 10.1. The van der Waals surface area contributed by atoms with Crippen molar-refractivity contribution in [2.75, 3.05) is 14.2 Å². The molecule has 0 fully saturated rings. The largest absolute Gasteiger partial charge is 0.497 e. The maximum absolute atomic E-state index is 12.3. The van der Waals surface area contributed by atoms with E-state index in [4.69, 9.17) is 14.2 Å². The van der Waals surface area contributed by atoms with Gasteiger partial charge in [0.1, 0.15) is 18.1 Å². The predicted octanol–water partition coefficient (Wildman–Crippen LogP) is 3.31. The van der Waals surface area contributed by atoms with Crippen molar-refractivity contribution in [2.45, 2.75) is 13.2 Å². The lowest BCUT2D eigenvalue weighted by Gasteiger charge is -2.11. The van der Waals surface area contributed by atoms with E-state index in [-0.39, 0.29) is 12.6 Å². The van der Waals surface area contributed by atoms with Gasteiger partial charge in [0.05, 0.1) is 26.3 Å². The van der Waals surface area contributed by atoms with Crippen LogP contribution < -0.4 is 9.47 Å². The molecule has 0 atom stereocenters. The molecule has 0 aliphatic heterocycles. The molecule has 6 nitrogen and oxygen atoms in total. The van der Waals surface area contributed by atoms with Gasteiger partial charge >= 0.3 is 5.97 Å². The maximum Gasteiger partial charge on any atom is 0.338 e. The quantitative estimate of drug-likeness (QED) is 0.611. The molecule has 134 valence electrons. The highest BCUT2D eigenvalue weighted by molar-refractivity contribution is 5.89. The van der Waals surface area contributed by atoms with Crippen LogP contribution in [0.4, 0.5) is 0 Å². The Morgan fingerprint density at radius 2 is 1.88 bits per heavy atom. The molecule has 0 aliphatic rings. The fourth-order valence-electron chi connectivity index (χ4n) is 2.55. The van der Waals surface area contributed by atoms with Crippen molar-refractivity contribution in [3.63, 3.8) is 0 Å². The molecule has 1 aromatic heterocycles. The molecule has 0 unspecified atom stereocenters. The summed E-state index contributed by atoms with van der Waals surface area (Å²) in [6.45, 7) is 0.761. The Hall–Kier alpha value is -3.28. The van der Waals surface area contributed by atoms with Gasteiger partial charge in [0.15, 0.2) is 0 Å². The first-order valence-corrected chi connectivity index (χ1v) is 8.14. The number of hydrogen-bond acceptors (Lipinski definition) is 5. The zero-order chi connectivity index (χ0) is 18.4. The minimum absolute atomic E-state index is 0.105. The number of methoxy groups -OCH3 is 2. The molecule has 0 saturated heterocycles. The highest BCUT2D eigenvalue weighted by Crippen LogP contribution is 2.25. The van der Waals surface area contributed by atoms with Crippen LogP contribution in [-0.4, -0.2) is 30.0 Å². The van der Waals surface area contributed by atoms with E-state index in [2.05, 4.69) is 5.10 Å². The third kappa shape index (κ3) is 4.22. The summed E-state index contributed by atoms with van der Waals surface area (Å²) in [7, 11) is 3.16. The van der Waals surface area contributed by atoms with Crippen LogP contribution in [-0.2, 0) is 17.9 Å². The highest BCUT2D eigenvalue weighted by Gasteiger charge is 2.11. The molecule has 0 saturated carbocycles. The lowest BCUT2D eigenvalue weighted by molar-refractivity contribution is 0.0470. The third-order valence-electron chi connectivity index (χ3n) is 3.94. The van der Waals surface area contributed by atoms with Crippen molar-refractivity contribution in [3.05, 3.63) is 77.6 Å². The van der Waals surface area contributed by atoms with Crippen molar-refractivity contribution in [3.8, 4) is 11.5 Å². The van der Waals surface area contributed by atoms with E-state index in [1.807, 2.05) is 29.1 Å². The molecule has 3 rings (SSSR count). The summed E-state index contributed by atoms with van der Waals surface area (Å²) in [5.74, 6) is 0.938. The number of carbonyl (C=O) groups is 1. The predicted molar refractivity (Wildman–Crippen MR) is 96.4 cm³/mol. The Kier molecular flexibility index (Phi) is 5.53. The summed E-state index contributed by atoms with van der Waals surface area (Å²) < 4.78 is 17.7. The summed E-state index contributed by atoms with van der Waals surface area (Å²) in [5, 5.41) is 4.17. The number of rotatable bonds is 7. The second-order valence-corrected chi connectivity index (χ2v) is 5.65. The fraction of sp³-hybridized carbons (Fsp3) is 0.200. The molecule has 0 radical (unpaired) electrons. The second kappa shape index (κ2) is 8.20. The molecule has 3 aromatic rings. The van der Waals surface area contributed by atoms with Crippen LogP contribution in [0.2, 0.25) is 0 Å². The number of hydrogen-bond donors (Lipinski definition) is 0. The SMILES string of the molecule is COc1ccc(OC)c(COC(=O)c2ccc(Cn3cccn3)cc2)c1. The second-order valence-electron chi connectivity index (χ2n) is 5.65. The van der Waals surface area contributed by atoms with Crippen LogP contribution in [0.25, 0.3) is 0 Å². The molecule has 26 heavy (non-hydrogen) atoms. The third-order valence-corrected chi connectivity index (χ3v) is 3.94. The van der Waals surface area contributed by atoms with Gasteiger partial charge in [0, 0.05) is 18.0 Å². The maximum atomic E-state index is 12.3. The van der Waals surface area contributed by atoms with Crippen LogP contribution in [0.15, 0.2) is 60.9 Å². The minimum Gasteiger partial charge on any atom is -0.497 e. The van der Waals surface area contributed by atoms with Gasteiger partial charge in [-0.25, -0.2) is 4.79 Å². The number of ether oxygens (including phenoxy) is 3. The Morgan fingerprint density at radius 3 is 2.54 bits per heavy atom. The summed E-state index contributed by atoms with van der Waals surface area (Å²) in [4.78, 5) is 12.3. The van der Waals surface area contributed by atoms with Gasteiger partial charge in [0.25, 0.3) is 0 Å². The molecule has 0 aliphatic carbocycles. The van der Waals surface area contributed by atoms with Crippen molar-refractivity contribution in [2.24, 2.45) is 0 Å².